The Hall–Kier alpha value is -2.54. The van der Waals surface area contributed by atoms with Gasteiger partial charge in [0.1, 0.15) is 0 Å². The van der Waals surface area contributed by atoms with Crippen molar-refractivity contribution in [2.75, 3.05) is 13.7 Å². The predicted molar refractivity (Wildman–Crippen MR) is 102 cm³/mol. The highest BCUT2D eigenvalue weighted by Gasteiger charge is 2.13. The lowest BCUT2D eigenvalue weighted by Gasteiger charge is -2.12. The second kappa shape index (κ2) is 10.5. The average Bonchev–Trinajstić information content (AvgIpc) is 3.20. The fourth-order valence-corrected chi connectivity index (χ4v) is 2.91. The Morgan fingerprint density at radius 1 is 1.04 bits per heavy atom. The van der Waals surface area contributed by atoms with Crippen LogP contribution in [0, 0.1) is 0 Å². The van der Waals surface area contributed by atoms with Crippen LogP contribution in [-0.4, -0.2) is 25.5 Å². The van der Waals surface area contributed by atoms with E-state index in [0.29, 0.717) is 28.5 Å². The predicted octanol–water partition coefficient (Wildman–Crippen LogP) is 3.79. The number of thiophene rings is 1. The number of nitrogens with one attached hydrogen (secondary N) is 2. The number of carbonyl (C=O) groups excluding carboxylic acids is 2. The molecule has 0 fully saturated rings. The molecule has 0 saturated heterocycles. The van der Waals surface area contributed by atoms with E-state index >= 15 is 0 Å². The number of benzene rings is 1. The monoisotopic (exact) mass is 376 g/mol. The summed E-state index contributed by atoms with van der Waals surface area (Å²) < 4.78 is 11.0. The number of amides is 2. The summed E-state index contributed by atoms with van der Waals surface area (Å²) in [5.41, 5.74) is 5.15. The van der Waals surface area contributed by atoms with Gasteiger partial charge in [-0.15, -0.1) is 11.3 Å². The third-order valence-corrected chi connectivity index (χ3v) is 4.58. The molecular formula is C19H24N2O4S. The van der Waals surface area contributed by atoms with E-state index in [1.165, 1.54) is 31.3 Å². The molecule has 2 aromatic rings. The highest BCUT2D eigenvalue weighted by molar-refractivity contribution is 7.12. The largest absolute Gasteiger partial charge is 0.493 e. The first-order chi connectivity index (χ1) is 12.7. The van der Waals surface area contributed by atoms with Crippen molar-refractivity contribution in [3.8, 4) is 11.5 Å². The van der Waals surface area contributed by atoms with Gasteiger partial charge in [0.2, 0.25) is 0 Å². The van der Waals surface area contributed by atoms with E-state index in [9.17, 15) is 9.59 Å². The minimum Gasteiger partial charge on any atom is -0.493 e. The number of ether oxygens (including phenoxy) is 2. The third kappa shape index (κ3) is 5.77. The molecule has 6 nitrogen and oxygen atoms in total. The van der Waals surface area contributed by atoms with Crippen LogP contribution in [0.1, 0.15) is 52.6 Å². The second-order valence-corrected chi connectivity index (χ2v) is 6.61. The standard InChI is InChI=1S/C19H24N2O4S/c1-3-4-5-6-11-25-15-10-9-14(13-16(15)24-2)18(22)20-21-19(23)17-8-7-12-26-17/h7-10,12-13H,3-6,11H2,1-2H3,(H,20,22)(H,21,23). The smallest absolute Gasteiger partial charge is 0.279 e. The fourth-order valence-electron chi connectivity index (χ4n) is 2.29. The zero-order valence-electron chi connectivity index (χ0n) is 15.0. The summed E-state index contributed by atoms with van der Waals surface area (Å²) in [6.07, 6.45) is 4.48. The van der Waals surface area contributed by atoms with Crippen molar-refractivity contribution in [1.82, 2.24) is 10.9 Å². The molecular weight excluding hydrogens is 352 g/mol. The van der Waals surface area contributed by atoms with Gasteiger partial charge in [-0.2, -0.15) is 0 Å². The van der Waals surface area contributed by atoms with E-state index in [1.54, 1.807) is 35.7 Å². The quantitative estimate of drug-likeness (QED) is 0.516. The van der Waals surface area contributed by atoms with Crippen molar-refractivity contribution < 1.29 is 19.1 Å². The van der Waals surface area contributed by atoms with Crippen molar-refractivity contribution in [1.29, 1.82) is 0 Å². The Morgan fingerprint density at radius 2 is 1.85 bits per heavy atom. The summed E-state index contributed by atoms with van der Waals surface area (Å²) in [5, 5.41) is 1.79. The highest BCUT2D eigenvalue weighted by atomic mass is 32.1. The molecule has 1 aromatic carbocycles. The van der Waals surface area contributed by atoms with E-state index in [1.807, 2.05) is 0 Å². The molecule has 7 heteroatoms. The number of hydrogen-bond acceptors (Lipinski definition) is 5. The fraction of sp³-hybridized carbons (Fsp3) is 0.368. The molecule has 2 N–H and O–H groups in total. The number of unbranched alkanes of at least 4 members (excludes halogenated alkanes) is 3. The van der Waals surface area contributed by atoms with Crippen LogP contribution in [0.2, 0.25) is 0 Å². The van der Waals surface area contributed by atoms with E-state index in [2.05, 4.69) is 17.8 Å². The van der Waals surface area contributed by atoms with Crippen LogP contribution in [0.3, 0.4) is 0 Å². The van der Waals surface area contributed by atoms with Gasteiger partial charge in [0.25, 0.3) is 11.8 Å². The van der Waals surface area contributed by atoms with Gasteiger partial charge in [-0.05, 0) is 36.1 Å². The zero-order chi connectivity index (χ0) is 18.8. The van der Waals surface area contributed by atoms with Crippen LogP contribution < -0.4 is 20.3 Å². The first-order valence-corrected chi connectivity index (χ1v) is 9.48. The van der Waals surface area contributed by atoms with E-state index in [0.717, 1.165) is 12.8 Å². The van der Waals surface area contributed by atoms with Gasteiger partial charge < -0.3 is 9.47 Å². The van der Waals surface area contributed by atoms with Crippen LogP contribution in [-0.2, 0) is 0 Å². The van der Waals surface area contributed by atoms with Crippen molar-refractivity contribution in [3.63, 3.8) is 0 Å². The molecule has 0 radical (unpaired) electrons. The molecule has 2 rings (SSSR count). The number of hydrazine groups is 1. The lowest BCUT2D eigenvalue weighted by atomic mass is 10.2. The van der Waals surface area contributed by atoms with Gasteiger partial charge in [-0.1, -0.05) is 32.3 Å². The lowest BCUT2D eigenvalue weighted by molar-refractivity contribution is 0.0848. The Morgan fingerprint density at radius 3 is 2.54 bits per heavy atom. The van der Waals surface area contributed by atoms with E-state index in [4.69, 9.17) is 9.47 Å². The molecule has 1 aromatic heterocycles. The van der Waals surface area contributed by atoms with Crippen molar-refractivity contribution in [3.05, 3.63) is 46.2 Å². The average molecular weight is 376 g/mol. The van der Waals surface area contributed by atoms with E-state index in [-0.39, 0.29) is 5.91 Å². The molecule has 0 spiro atoms. The molecule has 0 aliphatic carbocycles. The van der Waals surface area contributed by atoms with Gasteiger partial charge in [0, 0.05) is 5.56 Å². The lowest BCUT2D eigenvalue weighted by Crippen LogP contribution is -2.41. The van der Waals surface area contributed by atoms with Gasteiger partial charge in [0.15, 0.2) is 11.5 Å². The molecule has 1 heterocycles. The maximum atomic E-state index is 12.2. The Kier molecular flexibility index (Phi) is 7.95. The van der Waals surface area contributed by atoms with Crippen LogP contribution >= 0.6 is 11.3 Å². The summed E-state index contributed by atoms with van der Waals surface area (Å²) in [4.78, 5) is 24.6. The maximum Gasteiger partial charge on any atom is 0.279 e. The van der Waals surface area contributed by atoms with Gasteiger partial charge in [-0.3, -0.25) is 20.4 Å². The molecule has 0 bridgehead atoms. The first kappa shape index (κ1) is 19.8. The van der Waals surface area contributed by atoms with Crippen molar-refractivity contribution in [2.45, 2.75) is 32.6 Å². The minimum atomic E-state index is -0.428. The summed E-state index contributed by atoms with van der Waals surface area (Å²) >= 11 is 1.30. The Balaban J connectivity index is 1.90. The topological polar surface area (TPSA) is 76.7 Å². The summed E-state index contributed by atoms with van der Waals surface area (Å²) in [6.45, 7) is 2.77. The number of rotatable bonds is 9. The number of hydrogen-bond donors (Lipinski definition) is 2. The third-order valence-electron chi connectivity index (χ3n) is 3.72. The molecule has 0 saturated carbocycles. The summed E-state index contributed by atoms with van der Waals surface area (Å²) in [7, 11) is 1.53. The molecule has 140 valence electrons. The second-order valence-electron chi connectivity index (χ2n) is 5.66. The van der Waals surface area contributed by atoms with Gasteiger partial charge >= 0.3 is 0 Å². The summed E-state index contributed by atoms with van der Waals surface area (Å²) in [6, 6.07) is 8.38. The molecule has 0 aliphatic heterocycles. The van der Waals surface area contributed by atoms with Crippen LogP contribution in [0.5, 0.6) is 11.5 Å². The van der Waals surface area contributed by atoms with Gasteiger partial charge in [0.05, 0.1) is 18.6 Å². The minimum absolute atomic E-state index is 0.354. The van der Waals surface area contributed by atoms with Crippen LogP contribution in [0.15, 0.2) is 35.7 Å². The Labute approximate surface area is 157 Å². The first-order valence-electron chi connectivity index (χ1n) is 8.60. The van der Waals surface area contributed by atoms with Gasteiger partial charge in [-0.25, -0.2) is 0 Å². The molecule has 0 unspecified atom stereocenters. The molecule has 0 aliphatic rings. The SMILES string of the molecule is CCCCCCOc1ccc(C(=O)NNC(=O)c2cccs2)cc1OC. The molecule has 0 atom stereocenters. The van der Waals surface area contributed by atoms with E-state index < -0.39 is 5.91 Å². The zero-order valence-corrected chi connectivity index (χ0v) is 15.9. The Bertz CT molecular complexity index is 716. The van der Waals surface area contributed by atoms with Crippen molar-refractivity contribution in [2.24, 2.45) is 0 Å². The molecule has 2 amide bonds. The number of carbonyl (C=O) groups is 2. The maximum absolute atomic E-state index is 12.2. The van der Waals surface area contributed by atoms with Crippen molar-refractivity contribution >= 4 is 23.2 Å². The number of methoxy groups -OCH3 is 1. The summed E-state index contributed by atoms with van der Waals surface area (Å²) in [5.74, 6) is 0.302. The normalized spacial score (nSPS) is 10.2. The molecule has 26 heavy (non-hydrogen) atoms. The van der Waals surface area contributed by atoms with Crippen LogP contribution in [0.25, 0.3) is 0 Å². The highest BCUT2D eigenvalue weighted by Crippen LogP contribution is 2.28. The van der Waals surface area contributed by atoms with Crippen LogP contribution in [0.4, 0.5) is 0 Å².